The van der Waals surface area contributed by atoms with Crippen LogP contribution in [-0.2, 0) is 21.9 Å². The molecule has 41 heavy (non-hydrogen) atoms. The van der Waals surface area contributed by atoms with Crippen LogP contribution in [0.15, 0.2) is 95.3 Å². The lowest BCUT2D eigenvalue weighted by molar-refractivity contribution is -0.140. The van der Waals surface area contributed by atoms with Gasteiger partial charge in [-0.25, -0.2) is 13.9 Å². The van der Waals surface area contributed by atoms with E-state index in [9.17, 15) is 9.18 Å². The van der Waals surface area contributed by atoms with Gasteiger partial charge in [0.15, 0.2) is 0 Å². The van der Waals surface area contributed by atoms with Gasteiger partial charge in [-0.2, -0.15) is 4.98 Å². The van der Waals surface area contributed by atoms with Crippen molar-refractivity contribution in [3.05, 3.63) is 113 Å². The van der Waals surface area contributed by atoms with Crippen molar-refractivity contribution in [2.45, 2.75) is 56.7 Å². The van der Waals surface area contributed by atoms with Crippen molar-refractivity contribution < 1.29 is 18.7 Å². The van der Waals surface area contributed by atoms with Gasteiger partial charge >= 0.3 is 5.97 Å². The molecule has 3 aromatic carbocycles. The number of esters is 1. The number of unbranched alkanes of at least 4 members (excludes halogenated alkanes) is 2. The standard InChI is InChI=1S/C32H33FN4O3S/c1-3-4-10-19-39-26-17-15-24(16-18-26)29-28(30(38)40-20-23-11-6-5-7-12-23)22(2)34-31-35-32(36-37(29)31)41-21-25-13-8-9-14-27(25)33/h5-9,11-18,29H,3-4,10,19-21H2,1-2H3,(H,34,35,36). The van der Waals surface area contributed by atoms with Crippen LogP contribution in [0.2, 0.25) is 0 Å². The van der Waals surface area contributed by atoms with Crippen molar-refractivity contribution >= 4 is 23.7 Å². The lowest BCUT2D eigenvalue weighted by atomic mass is 9.95. The number of carbonyl (C=O) groups is 1. The summed E-state index contributed by atoms with van der Waals surface area (Å²) >= 11 is 1.33. The number of aromatic nitrogens is 3. The normalized spacial score (nSPS) is 14.4. The second kappa shape index (κ2) is 13.5. The van der Waals surface area contributed by atoms with Crippen molar-refractivity contribution in [2.75, 3.05) is 11.9 Å². The maximum Gasteiger partial charge on any atom is 0.338 e. The average Bonchev–Trinajstić information content (AvgIpc) is 3.40. The molecule has 1 aliphatic heterocycles. The molecule has 0 spiro atoms. The van der Waals surface area contributed by atoms with E-state index in [2.05, 4.69) is 17.2 Å². The molecule has 9 heteroatoms. The minimum absolute atomic E-state index is 0.154. The van der Waals surface area contributed by atoms with E-state index in [1.165, 1.54) is 17.8 Å². The third kappa shape index (κ3) is 6.97. The Kier molecular flexibility index (Phi) is 9.36. The van der Waals surface area contributed by atoms with Gasteiger partial charge in [-0.1, -0.05) is 92.2 Å². The van der Waals surface area contributed by atoms with Crippen LogP contribution in [0, 0.1) is 5.82 Å². The molecule has 0 radical (unpaired) electrons. The minimum Gasteiger partial charge on any atom is -0.494 e. The lowest BCUT2D eigenvalue weighted by Gasteiger charge is -2.28. The van der Waals surface area contributed by atoms with Crippen LogP contribution in [0.25, 0.3) is 0 Å². The van der Waals surface area contributed by atoms with E-state index in [0.717, 1.165) is 36.1 Å². The Morgan fingerprint density at radius 2 is 1.78 bits per heavy atom. The molecule has 2 heterocycles. The Bertz CT molecular complexity index is 1510. The van der Waals surface area contributed by atoms with Crippen molar-refractivity contribution in [3.8, 4) is 5.75 Å². The maximum absolute atomic E-state index is 14.2. The number of thioether (sulfide) groups is 1. The third-order valence-corrected chi connectivity index (χ3v) is 7.68. The second-order valence-corrected chi connectivity index (χ2v) is 10.7. The number of hydrogen-bond acceptors (Lipinski definition) is 7. The SMILES string of the molecule is CCCCCOc1ccc(C2C(C(=O)OCc3ccccc3)=C(C)Nc3nc(SCc4ccccc4F)nn32)cc1. The van der Waals surface area contributed by atoms with E-state index in [4.69, 9.17) is 14.6 Å². The number of rotatable bonds is 12. The molecule has 1 aliphatic rings. The second-order valence-electron chi connectivity index (χ2n) is 9.80. The highest BCUT2D eigenvalue weighted by molar-refractivity contribution is 7.98. The van der Waals surface area contributed by atoms with Gasteiger partial charge in [0.25, 0.3) is 0 Å². The quantitative estimate of drug-likeness (QED) is 0.108. The predicted octanol–water partition coefficient (Wildman–Crippen LogP) is 7.31. The maximum atomic E-state index is 14.2. The summed E-state index contributed by atoms with van der Waals surface area (Å²) in [5.41, 5.74) is 3.40. The van der Waals surface area contributed by atoms with Crippen molar-refractivity contribution in [2.24, 2.45) is 0 Å². The van der Waals surface area contributed by atoms with E-state index in [1.807, 2.05) is 61.5 Å². The molecule has 0 amide bonds. The fourth-order valence-corrected chi connectivity index (χ4v) is 5.43. The Morgan fingerprint density at radius 1 is 1.02 bits per heavy atom. The first kappa shape index (κ1) is 28.4. The van der Waals surface area contributed by atoms with Gasteiger partial charge in [-0.3, -0.25) is 0 Å². The number of ether oxygens (including phenoxy) is 2. The van der Waals surface area contributed by atoms with E-state index in [1.54, 1.807) is 22.9 Å². The van der Waals surface area contributed by atoms with E-state index >= 15 is 0 Å². The van der Waals surface area contributed by atoms with Gasteiger partial charge in [0, 0.05) is 11.4 Å². The summed E-state index contributed by atoms with van der Waals surface area (Å²) in [4.78, 5) is 18.2. The number of hydrogen-bond donors (Lipinski definition) is 1. The molecular weight excluding hydrogens is 539 g/mol. The zero-order valence-corrected chi connectivity index (χ0v) is 24.0. The molecule has 0 aliphatic carbocycles. The van der Waals surface area contributed by atoms with Crippen LogP contribution < -0.4 is 10.1 Å². The largest absolute Gasteiger partial charge is 0.494 e. The van der Waals surface area contributed by atoms with Crippen LogP contribution in [0.5, 0.6) is 5.75 Å². The number of anilines is 1. The first-order valence-corrected chi connectivity index (χ1v) is 14.8. The summed E-state index contributed by atoms with van der Waals surface area (Å²) in [6, 6.07) is 23.4. The number of halogens is 1. The Balaban J connectivity index is 1.41. The average molecular weight is 573 g/mol. The molecule has 1 N–H and O–H groups in total. The molecule has 212 valence electrons. The third-order valence-electron chi connectivity index (χ3n) is 6.79. The molecule has 0 bridgehead atoms. The van der Waals surface area contributed by atoms with Gasteiger partial charge in [0.2, 0.25) is 11.1 Å². The van der Waals surface area contributed by atoms with Crippen molar-refractivity contribution in [3.63, 3.8) is 0 Å². The van der Waals surface area contributed by atoms with Gasteiger partial charge in [-0.15, -0.1) is 5.10 Å². The van der Waals surface area contributed by atoms with Gasteiger partial charge < -0.3 is 14.8 Å². The minimum atomic E-state index is -0.570. The van der Waals surface area contributed by atoms with E-state index in [0.29, 0.717) is 40.3 Å². The number of carbonyl (C=O) groups excluding carboxylic acids is 1. The first-order valence-electron chi connectivity index (χ1n) is 13.8. The molecule has 0 saturated heterocycles. The molecule has 4 aromatic rings. The highest BCUT2D eigenvalue weighted by Crippen LogP contribution is 2.37. The van der Waals surface area contributed by atoms with Crippen LogP contribution in [0.3, 0.4) is 0 Å². The summed E-state index contributed by atoms with van der Waals surface area (Å²) in [6.45, 7) is 4.81. The fourth-order valence-electron chi connectivity index (χ4n) is 4.61. The molecule has 0 fully saturated rings. The Morgan fingerprint density at radius 3 is 2.54 bits per heavy atom. The lowest BCUT2D eigenvalue weighted by Crippen LogP contribution is -2.29. The summed E-state index contributed by atoms with van der Waals surface area (Å²) in [5, 5.41) is 8.44. The highest BCUT2D eigenvalue weighted by atomic mass is 32.2. The highest BCUT2D eigenvalue weighted by Gasteiger charge is 2.35. The van der Waals surface area contributed by atoms with Gasteiger partial charge in [0.1, 0.15) is 24.2 Å². The molecule has 1 aromatic heterocycles. The van der Waals surface area contributed by atoms with Crippen LogP contribution in [0.4, 0.5) is 10.3 Å². The number of nitrogens with one attached hydrogen (secondary N) is 1. The van der Waals surface area contributed by atoms with E-state index < -0.39 is 12.0 Å². The molecule has 1 unspecified atom stereocenters. The molecule has 1 atom stereocenters. The predicted molar refractivity (Wildman–Crippen MR) is 158 cm³/mol. The smallest absolute Gasteiger partial charge is 0.338 e. The molecule has 0 saturated carbocycles. The van der Waals surface area contributed by atoms with Crippen LogP contribution in [0.1, 0.15) is 55.8 Å². The van der Waals surface area contributed by atoms with Crippen LogP contribution >= 0.6 is 11.8 Å². The Hall–Kier alpha value is -4.11. The Labute approximate surface area is 243 Å². The summed E-state index contributed by atoms with van der Waals surface area (Å²) in [7, 11) is 0. The summed E-state index contributed by atoms with van der Waals surface area (Å²) < 4.78 is 27.6. The van der Waals surface area contributed by atoms with Crippen molar-refractivity contribution in [1.82, 2.24) is 14.8 Å². The fraction of sp³-hybridized carbons (Fsp3) is 0.281. The molecule has 5 rings (SSSR count). The summed E-state index contributed by atoms with van der Waals surface area (Å²) in [6.07, 6.45) is 3.26. The summed E-state index contributed by atoms with van der Waals surface area (Å²) in [5.74, 6) is 0.947. The molecular formula is C32H33FN4O3S. The number of allylic oxidation sites excluding steroid dienone is 1. The number of fused-ring (bicyclic) bond motifs is 1. The number of nitrogens with zero attached hydrogens (tertiary/aromatic N) is 3. The first-order chi connectivity index (χ1) is 20.0. The van der Waals surface area contributed by atoms with Gasteiger partial charge in [0.05, 0.1) is 12.2 Å². The van der Waals surface area contributed by atoms with Gasteiger partial charge in [-0.05, 0) is 48.2 Å². The zero-order chi connectivity index (χ0) is 28.6. The van der Waals surface area contributed by atoms with Crippen molar-refractivity contribution in [1.29, 1.82) is 0 Å². The topological polar surface area (TPSA) is 78.3 Å². The van der Waals surface area contributed by atoms with E-state index in [-0.39, 0.29) is 12.4 Å². The van der Waals surface area contributed by atoms with Crippen LogP contribution in [-0.4, -0.2) is 27.3 Å². The monoisotopic (exact) mass is 572 g/mol. The molecule has 7 nitrogen and oxygen atoms in total. The number of benzene rings is 3. The zero-order valence-electron chi connectivity index (χ0n) is 23.2.